The molecular weight excluding hydrogens is 421 g/mol. The van der Waals surface area contributed by atoms with E-state index in [0.29, 0.717) is 12.3 Å². The second-order valence-electron chi connectivity index (χ2n) is 8.28. The molecule has 1 aromatic rings. The van der Waals surface area contributed by atoms with E-state index in [0.717, 1.165) is 18.4 Å². The Balaban J connectivity index is -0.000000433. The van der Waals surface area contributed by atoms with Gasteiger partial charge in [-0.25, -0.2) is 4.39 Å². The van der Waals surface area contributed by atoms with Gasteiger partial charge in [-0.1, -0.05) is 89.8 Å². The fourth-order valence-electron chi connectivity index (χ4n) is 2.75. The van der Waals surface area contributed by atoms with Gasteiger partial charge in [-0.3, -0.25) is 0 Å². The lowest BCUT2D eigenvalue weighted by molar-refractivity contribution is -0.116. The van der Waals surface area contributed by atoms with Crippen molar-refractivity contribution in [2.45, 2.75) is 107 Å². The molecule has 34 heavy (non-hydrogen) atoms. The molecule has 0 fully saturated rings. The summed E-state index contributed by atoms with van der Waals surface area (Å²) in [6, 6.07) is 6.75. The summed E-state index contributed by atoms with van der Waals surface area (Å²) in [7, 11) is 0. The first-order valence-corrected chi connectivity index (χ1v) is 12.9. The Bertz CT molecular complexity index is 686. The molecule has 0 aromatic heterocycles. The number of nitrogens with one attached hydrogen (secondary N) is 1. The summed E-state index contributed by atoms with van der Waals surface area (Å²) >= 11 is 0. The molecule has 0 heterocycles. The highest BCUT2D eigenvalue weighted by Crippen LogP contribution is 2.27. The maximum absolute atomic E-state index is 12.8. The highest BCUT2D eigenvalue weighted by molar-refractivity contribution is 5.74. The first-order valence-electron chi connectivity index (χ1n) is 12.9. The quantitative estimate of drug-likeness (QED) is 0.239. The number of carbonyl (C=O) groups excluding carboxylic acids is 1. The molecule has 0 spiro atoms. The lowest BCUT2D eigenvalue weighted by atomic mass is 9.95. The average Bonchev–Trinajstić information content (AvgIpc) is 3.04. The third-order valence-corrected chi connectivity index (χ3v) is 4.71. The number of halogens is 1. The smallest absolute Gasteiger partial charge is 0.129 e. The van der Waals surface area contributed by atoms with Crippen molar-refractivity contribution in [3.8, 4) is 0 Å². The second-order valence-corrected chi connectivity index (χ2v) is 8.28. The van der Waals surface area contributed by atoms with Crippen molar-refractivity contribution >= 4 is 17.6 Å². The van der Waals surface area contributed by atoms with E-state index in [9.17, 15) is 9.18 Å². The molecule has 1 aliphatic carbocycles. The SMILES string of the molecule is C=C(C)CCCCCC.CC.CC1CC=CC=C(c2ccc(F)cc2)C1.CC=N.CCC(C)=O. The van der Waals surface area contributed by atoms with Gasteiger partial charge in [0.05, 0.1) is 0 Å². The minimum atomic E-state index is -0.170. The standard InChI is InChI=1S/C14H15F.C9H18.C4H8O.C2H5N.C2H6/c1-11-4-2-3-5-13(10-11)12-6-8-14(15)9-7-12;1-4-5-6-7-8-9(2)3;1-3-4(2)5;1-2-3;1-2/h2-3,5-9,11H,4,10H2,1H3;2,4-8H2,1,3H3;3H2,1-2H3;2-3H,1H3;1-2H3. The number of benzene rings is 1. The Morgan fingerprint density at radius 1 is 1.12 bits per heavy atom. The van der Waals surface area contributed by atoms with Crippen molar-refractivity contribution in [1.29, 1.82) is 5.41 Å². The van der Waals surface area contributed by atoms with E-state index in [1.165, 1.54) is 61.6 Å². The van der Waals surface area contributed by atoms with E-state index < -0.39 is 0 Å². The summed E-state index contributed by atoms with van der Waals surface area (Å²) in [6.07, 6.45) is 17.2. The predicted octanol–water partition coefficient (Wildman–Crippen LogP) is 10.4. The van der Waals surface area contributed by atoms with Crippen molar-refractivity contribution in [2.24, 2.45) is 5.92 Å². The molecule has 1 atom stereocenters. The average molecular weight is 474 g/mol. The van der Waals surface area contributed by atoms with Crippen LogP contribution in [0.5, 0.6) is 0 Å². The van der Waals surface area contributed by atoms with Crippen LogP contribution in [-0.4, -0.2) is 12.0 Å². The molecule has 3 heteroatoms. The first kappa shape index (κ1) is 36.3. The molecule has 1 unspecified atom stereocenters. The van der Waals surface area contributed by atoms with Crippen LogP contribution >= 0.6 is 0 Å². The Labute approximate surface area is 211 Å². The third kappa shape index (κ3) is 26.0. The molecule has 1 aliphatic rings. The molecule has 2 rings (SSSR count). The van der Waals surface area contributed by atoms with Crippen LogP contribution in [0.1, 0.15) is 112 Å². The zero-order valence-electron chi connectivity index (χ0n) is 23.3. The lowest BCUT2D eigenvalue weighted by Gasteiger charge is -2.10. The van der Waals surface area contributed by atoms with Crippen LogP contribution in [0.4, 0.5) is 4.39 Å². The molecule has 0 amide bonds. The minimum absolute atomic E-state index is 0.170. The Morgan fingerprint density at radius 2 is 1.65 bits per heavy atom. The van der Waals surface area contributed by atoms with Gasteiger partial charge in [0.2, 0.25) is 0 Å². The predicted molar refractivity (Wildman–Crippen MR) is 152 cm³/mol. The van der Waals surface area contributed by atoms with Crippen LogP contribution < -0.4 is 0 Å². The zero-order valence-corrected chi connectivity index (χ0v) is 23.3. The molecule has 1 aromatic carbocycles. The van der Waals surface area contributed by atoms with E-state index in [1.807, 2.05) is 32.9 Å². The molecule has 0 saturated heterocycles. The summed E-state index contributed by atoms with van der Waals surface area (Å²) in [5.74, 6) is 0.751. The minimum Gasteiger partial charge on any atom is -0.313 e. The molecule has 0 radical (unpaired) electrons. The monoisotopic (exact) mass is 473 g/mol. The van der Waals surface area contributed by atoms with Crippen LogP contribution in [0.25, 0.3) is 5.57 Å². The third-order valence-electron chi connectivity index (χ3n) is 4.71. The van der Waals surface area contributed by atoms with Gasteiger partial charge in [0, 0.05) is 6.42 Å². The van der Waals surface area contributed by atoms with E-state index in [-0.39, 0.29) is 11.6 Å². The number of Topliss-reactive ketones (excluding diaryl/α,β-unsaturated/α-hetero) is 1. The van der Waals surface area contributed by atoms with Crippen molar-refractivity contribution in [3.05, 3.63) is 66.0 Å². The summed E-state index contributed by atoms with van der Waals surface area (Å²) in [6.45, 7) is 19.5. The Hall–Kier alpha value is -2.29. The number of rotatable bonds is 7. The van der Waals surface area contributed by atoms with Crippen molar-refractivity contribution in [1.82, 2.24) is 0 Å². The van der Waals surface area contributed by atoms with Crippen LogP contribution in [0.2, 0.25) is 0 Å². The molecular formula is C31H52FNO. The van der Waals surface area contributed by atoms with Crippen molar-refractivity contribution in [3.63, 3.8) is 0 Å². The van der Waals surface area contributed by atoms with Gasteiger partial charge < -0.3 is 10.2 Å². The van der Waals surface area contributed by atoms with Gasteiger partial charge >= 0.3 is 0 Å². The number of unbranched alkanes of at least 4 members (excludes halogenated alkanes) is 3. The molecule has 0 saturated carbocycles. The Morgan fingerprint density at radius 3 is 2.09 bits per heavy atom. The van der Waals surface area contributed by atoms with Crippen molar-refractivity contribution < 1.29 is 9.18 Å². The summed E-state index contributed by atoms with van der Waals surface area (Å²) in [4.78, 5) is 9.81. The van der Waals surface area contributed by atoms with E-state index >= 15 is 0 Å². The largest absolute Gasteiger partial charge is 0.313 e. The highest BCUT2D eigenvalue weighted by Gasteiger charge is 2.08. The lowest BCUT2D eigenvalue weighted by Crippen LogP contribution is -1.94. The Kier molecular flexibility index (Phi) is 28.8. The van der Waals surface area contributed by atoms with E-state index in [4.69, 9.17) is 5.41 Å². The zero-order chi connectivity index (χ0) is 26.8. The maximum Gasteiger partial charge on any atom is 0.129 e. The first-order chi connectivity index (χ1) is 16.2. The fourth-order valence-corrected chi connectivity index (χ4v) is 2.75. The van der Waals surface area contributed by atoms with E-state index in [1.54, 1.807) is 13.8 Å². The number of ketones is 1. The number of carbonyl (C=O) groups is 1. The van der Waals surface area contributed by atoms with Gasteiger partial charge in [0.15, 0.2) is 0 Å². The number of hydrogen-bond donors (Lipinski definition) is 1. The fraction of sp³-hybridized carbons (Fsp3) is 0.548. The van der Waals surface area contributed by atoms with Gasteiger partial charge in [-0.15, -0.1) is 6.58 Å². The summed E-state index contributed by atoms with van der Waals surface area (Å²) in [5, 5.41) is 6.08. The highest BCUT2D eigenvalue weighted by atomic mass is 19.1. The number of allylic oxidation sites excluding steroid dienone is 5. The van der Waals surface area contributed by atoms with Gasteiger partial charge in [-0.05, 0) is 81.9 Å². The molecule has 194 valence electrons. The van der Waals surface area contributed by atoms with Crippen LogP contribution in [0.15, 0.2) is 54.6 Å². The van der Waals surface area contributed by atoms with E-state index in [2.05, 4.69) is 45.6 Å². The molecule has 2 nitrogen and oxygen atoms in total. The van der Waals surface area contributed by atoms with Crippen LogP contribution in [0, 0.1) is 17.1 Å². The van der Waals surface area contributed by atoms with Gasteiger partial charge in [0.25, 0.3) is 0 Å². The summed E-state index contributed by atoms with van der Waals surface area (Å²) < 4.78 is 12.8. The van der Waals surface area contributed by atoms with Gasteiger partial charge in [-0.2, -0.15) is 0 Å². The summed E-state index contributed by atoms with van der Waals surface area (Å²) in [5.41, 5.74) is 3.76. The normalized spacial score (nSPS) is 13.4. The van der Waals surface area contributed by atoms with Crippen LogP contribution in [-0.2, 0) is 4.79 Å². The molecule has 0 bridgehead atoms. The van der Waals surface area contributed by atoms with Crippen molar-refractivity contribution in [2.75, 3.05) is 0 Å². The van der Waals surface area contributed by atoms with Crippen LogP contribution in [0.3, 0.4) is 0 Å². The maximum atomic E-state index is 12.8. The molecule has 1 N–H and O–H groups in total. The topological polar surface area (TPSA) is 40.9 Å². The van der Waals surface area contributed by atoms with Gasteiger partial charge in [0.1, 0.15) is 11.6 Å². The molecule has 0 aliphatic heterocycles. The number of hydrogen-bond acceptors (Lipinski definition) is 2. The second kappa shape index (κ2) is 27.0.